The van der Waals surface area contributed by atoms with E-state index < -0.39 is 6.10 Å². The van der Waals surface area contributed by atoms with Gasteiger partial charge in [-0.1, -0.05) is 238 Å². The van der Waals surface area contributed by atoms with E-state index in [0.717, 1.165) is 64.2 Å². The molecule has 1 unspecified atom stereocenters. The Hall–Kier alpha value is -2.11. The van der Waals surface area contributed by atoms with Crippen molar-refractivity contribution >= 4 is 17.9 Å². The molecule has 6 heteroatoms. The molecule has 0 aliphatic carbocycles. The predicted molar refractivity (Wildman–Crippen MR) is 256 cm³/mol. The van der Waals surface area contributed by atoms with Crippen molar-refractivity contribution in [2.45, 2.75) is 290 Å². The highest BCUT2D eigenvalue weighted by Crippen LogP contribution is 2.16. The van der Waals surface area contributed by atoms with Crippen molar-refractivity contribution in [2.75, 3.05) is 13.2 Å². The fraction of sp³-hybridized carbons (Fsp3) is 0.870. The minimum Gasteiger partial charge on any atom is -0.462 e. The summed E-state index contributed by atoms with van der Waals surface area (Å²) in [7, 11) is 0. The molecule has 0 saturated heterocycles. The van der Waals surface area contributed by atoms with E-state index >= 15 is 0 Å². The van der Waals surface area contributed by atoms with E-state index in [0.29, 0.717) is 19.3 Å². The van der Waals surface area contributed by atoms with Crippen LogP contribution < -0.4 is 0 Å². The van der Waals surface area contributed by atoms with Crippen LogP contribution in [0.2, 0.25) is 0 Å². The van der Waals surface area contributed by atoms with Crippen molar-refractivity contribution in [3.05, 3.63) is 24.3 Å². The van der Waals surface area contributed by atoms with Crippen LogP contribution >= 0.6 is 0 Å². The number of carbonyl (C=O) groups is 3. The van der Waals surface area contributed by atoms with Gasteiger partial charge in [0.1, 0.15) is 13.2 Å². The van der Waals surface area contributed by atoms with Crippen LogP contribution in [0.1, 0.15) is 284 Å². The Labute approximate surface area is 373 Å². The van der Waals surface area contributed by atoms with E-state index in [1.165, 1.54) is 180 Å². The molecule has 0 spiro atoms. The molecule has 0 saturated carbocycles. The summed E-state index contributed by atoms with van der Waals surface area (Å²) in [5.41, 5.74) is 0. The van der Waals surface area contributed by atoms with Crippen LogP contribution in [0.4, 0.5) is 0 Å². The maximum Gasteiger partial charge on any atom is 0.306 e. The molecule has 0 bridgehead atoms. The van der Waals surface area contributed by atoms with E-state index in [1.807, 2.05) is 0 Å². The second-order valence-electron chi connectivity index (χ2n) is 17.8. The lowest BCUT2D eigenvalue weighted by Gasteiger charge is -2.18. The monoisotopic (exact) mass is 845 g/mol. The molecule has 0 radical (unpaired) electrons. The summed E-state index contributed by atoms with van der Waals surface area (Å²) in [6.45, 7) is 6.62. The molecule has 0 N–H and O–H groups in total. The standard InChI is InChI=1S/C54H100O6/c1-4-7-10-13-16-19-21-23-25-26-27-28-29-31-32-35-38-41-44-47-53(56)59-50-51(49-58-52(55)46-43-40-37-34-18-15-12-9-6-3)60-54(57)48-45-42-39-36-33-30-24-22-20-17-14-11-8-5-2/h16,19,23,25,51H,4-15,17-18,20-22,24,26-50H2,1-3H3/b19-16-,25-23-. The number of ether oxygens (including phenoxy) is 3. The van der Waals surface area contributed by atoms with Crippen LogP contribution in [-0.2, 0) is 28.6 Å². The van der Waals surface area contributed by atoms with E-state index in [1.54, 1.807) is 0 Å². The molecule has 352 valence electrons. The zero-order valence-corrected chi connectivity index (χ0v) is 40.2. The average Bonchev–Trinajstić information content (AvgIpc) is 3.24. The second-order valence-corrected chi connectivity index (χ2v) is 17.8. The Bertz CT molecular complexity index is 973. The normalized spacial score (nSPS) is 12.1. The molecular formula is C54H100O6. The molecular weight excluding hydrogens is 745 g/mol. The number of allylic oxidation sites excluding steroid dienone is 4. The number of rotatable bonds is 48. The smallest absolute Gasteiger partial charge is 0.306 e. The Morgan fingerprint density at radius 2 is 0.600 bits per heavy atom. The zero-order valence-electron chi connectivity index (χ0n) is 40.2. The molecule has 0 amide bonds. The zero-order chi connectivity index (χ0) is 43.7. The lowest BCUT2D eigenvalue weighted by molar-refractivity contribution is -0.167. The Morgan fingerprint density at radius 1 is 0.333 bits per heavy atom. The molecule has 0 aromatic rings. The second kappa shape index (κ2) is 49.5. The van der Waals surface area contributed by atoms with Gasteiger partial charge in [-0.3, -0.25) is 14.4 Å². The summed E-state index contributed by atoms with van der Waals surface area (Å²) in [6.07, 6.45) is 55.9. The summed E-state index contributed by atoms with van der Waals surface area (Å²) in [5, 5.41) is 0. The largest absolute Gasteiger partial charge is 0.462 e. The van der Waals surface area contributed by atoms with Crippen molar-refractivity contribution < 1.29 is 28.6 Å². The quantitative estimate of drug-likeness (QED) is 0.0263. The van der Waals surface area contributed by atoms with E-state index in [2.05, 4.69) is 45.1 Å². The lowest BCUT2D eigenvalue weighted by atomic mass is 10.0. The lowest BCUT2D eigenvalue weighted by Crippen LogP contribution is -2.30. The number of unbranched alkanes of at least 4 members (excludes halogenated alkanes) is 33. The van der Waals surface area contributed by atoms with Crippen LogP contribution in [0.3, 0.4) is 0 Å². The molecule has 6 nitrogen and oxygen atoms in total. The highest BCUT2D eigenvalue weighted by Gasteiger charge is 2.19. The van der Waals surface area contributed by atoms with Gasteiger partial charge in [-0.05, 0) is 51.4 Å². The first-order valence-corrected chi connectivity index (χ1v) is 26.3. The molecule has 0 aromatic carbocycles. The molecule has 0 aromatic heterocycles. The number of esters is 3. The first-order valence-electron chi connectivity index (χ1n) is 26.3. The third-order valence-electron chi connectivity index (χ3n) is 11.7. The van der Waals surface area contributed by atoms with Gasteiger partial charge in [0.15, 0.2) is 6.10 Å². The van der Waals surface area contributed by atoms with Crippen molar-refractivity contribution in [1.29, 1.82) is 0 Å². The molecule has 0 aliphatic heterocycles. The van der Waals surface area contributed by atoms with Gasteiger partial charge < -0.3 is 14.2 Å². The maximum atomic E-state index is 12.8. The summed E-state index contributed by atoms with van der Waals surface area (Å²) in [6, 6.07) is 0. The predicted octanol–water partition coefficient (Wildman–Crippen LogP) is 17.2. The summed E-state index contributed by atoms with van der Waals surface area (Å²) >= 11 is 0. The highest BCUT2D eigenvalue weighted by molar-refractivity contribution is 5.71. The molecule has 0 fully saturated rings. The van der Waals surface area contributed by atoms with E-state index in [-0.39, 0.29) is 31.1 Å². The van der Waals surface area contributed by atoms with E-state index in [4.69, 9.17) is 14.2 Å². The van der Waals surface area contributed by atoms with E-state index in [9.17, 15) is 14.4 Å². The van der Waals surface area contributed by atoms with Gasteiger partial charge in [0.25, 0.3) is 0 Å². The van der Waals surface area contributed by atoms with Crippen LogP contribution in [0.15, 0.2) is 24.3 Å². The van der Waals surface area contributed by atoms with Crippen LogP contribution in [-0.4, -0.2) is 37.2 Å². The van der Waals surface area contributed by atoms with Crippen LogP contribution in [0.5, 0.6) is 0 Å². The molecule has 0 rings (SSSR count). The van der Waals surface area contributed by atoms with Gasteiger partial charge in [0, 0.05) is 19.3 Å². The minimum atomic E-state index is -0.765. The Kier molecular flexibility index (Phi) is 47.8. The molecule has 1 atom stereocenters. The van der Waals surface area contributed by atoms with Crippen molar-refractivity contribution in [3.63, 3.8) is 0 Å². The van der Waals surface area contributed by atoms with Crippen LogP contribution in [0, 0.1) is 0 Å². The van der Waals surface area contributed by atoms with Gasteiger partial charge in [0.2, 0.25) is 0 Å². The van der Waals surface area contributed by atoms with Gasteiger partial charge >= 0.3 is 17.9 Å². The number of carbonyl (C=O) groups excluding carboxylic acids is 3. The molecule has 0 aliphatic rings. The van der Waals surface area contributed by atoms with Crippen LogP contribution in [0.25, 0.3) is 0 Å². The number of hydrogen-bond acceptors (Lipinski definition) is 6. The molecule has 0 heterocycles. The summed E-state index contributed by atoms with van der Waals surface area (Å²) < 4.78 is 16.8. The third-order valence-corrected chi connectivity index (χ3v) is 11.7. The van der Waals surface area contributed by atoms with Gasteiger partial charge in [-0.2, -0.15) is 0 Å². The SMILES string of the molecule is CCCCC/C=C\C/C=C\CCCCCCCCCCCC(=O)OCC(COC(=O)CCCCCCCCCCC)OC(=O)CCCCCCCCCCCCCCCC. The number of hydrogen-bond donors (Lipinski definition) is 0. The summed E-state index contributed by atoms with van der Waals surface area (Å²) in [5.74, 6) is -0.860. The van der Waals surface area contributed by atoms with Gasteiger partial charge in [-0.15, -0.1) is 0 Å². The maximum absolute atomic E-state index is 12.8. The minimum absolute atomic E-state index is 0.0679. The van der Waals surface area contributed by atoms with Crippen molar-refractivity contribution in [3.8, 4) is 0 Å². The highest BCUT2D eigenvalue weighted by atomic mass is 16.6. The molecule has 60 heavy (non-hydrogen) atoms. The Balaban J connectivity index is 4.26. The first kappa shape index (κ1) is 57.9. The summed E-state index contributed by atoms with van der Waals surface area (Å²) in [4.78, 5) is 37.9. The topological polar surface area (TPSA) is 78.9 Å². The first-order chi connectivity index (χ1) is 29.5. The average molecular weight is 845 g/mol. The fourth-order valence-electron chi connectivity index (χ4n) is 7.71. The fourth-order valence-corrected chi connectivity index (χ4v) is 7.71. The Morgan fingerprint density at radius 3 is 0.950 bits per heavy atom. The van der Waals surface area contributed by atoms with Crippen molar-refractivity contribution in [2.24, 2.45) is 0 Å². The van der Waals surface area contributed by atoms with Gasteiger partial charge in [0.05, 0.1) is 0 Å². The van der Waals surface area contributed by atoms with Crippen molar-refractivity contribution in [1.82, 2.24) is 0 Å². The van der Waals surface area contributed by atoms with Gasteiger partial charge in [-0.25, -0.2) is 0 Å². The third kappa shape index (κ3) is 46.9.